The second kappa shape index (κ2) is 5.57. The number of rotatable bonds is 2. The van der Waals surface area contributed by atoms with Gasteiger partial charge in [-0.3, -0.25) is 0 Å². The molecule has 0 heterocycles. The number of hydrogen-bond acceptors (Lipinski definition) is 1. The third-order valence-electron chi connectivity index (χ3n) is 2.17. The number of benzene rings is 1. The van der Waals surface area contributed by atoms with Crippen molar-refractivity contribution in [2.45, 2.75) is 32.4 Å². The van der Waals surface area contributed by atoms with Crippen molar-refractivity contribution in [3.63, 3.8) is 0 Å². The molecule has 0 aliphatic heterocycles. The van der Waals surface area contributed by atoms with Crippen molar-refractivity contribution in [2.75, 3.05) is 0 Å². The molecule has 0 aromatic heterocycles. The van der Waals surface area contributed by atoms with Gasteiger partial charge in [-0.25, -0.2) is 13.0 Å². The third kappa shape index (κ3) is 3.45. The molecule has 6 heteroatoms. The van der Waals surface area contributed by atoms with E-state index in [1.165, 1.54) is 13.0 Å². The van der Waals surface area contributed by atoms with Crippen LogP contribution >= 0.6 is 15.9 Å². The SMILES string of the molecule is Cc1cc(Br)c(F)c(C=NS(=O)C(C)(C)C)c1F. The Balaban J connectivity index is 3.20. The first-order valence-corrected chi connectivity index (χ1v) is 7.14. The average molecular weight is 338 g/mol. The molecule has 0 bridgehead atoms. The fourth-order valence-electron chi connectivity index (χ4n) is 1.13. The van der Waals surface area contributed by atoms with Crippen LogP contribution in [-0.2, 0) is 11.0 Å². The lowest BCUT2D eigenvalue weighted by atomic mass is 10.1. The third-order valence-corrected chi connectivity index (χ3v) is 4.10. The summed E-state index contributed by atoms with van der Waals surface area (Å²) in [6, 6.07) is 1.35. The van der Waals surface area contributed by atoms with E-state index in [2.05, 4.69) is 20.3 Å². The fourth-order valence-corrected chi connectivity index (χ4v) is 2.20. The number of nitrogens with zero attached hydrogens (tertiary/aromatic N) is 1. The fraction of sp³-hybridized carbons (Fsp3) is 0.417. The van der Waals surface area contributed by atoms with Gasteiger partial charge in [-0.1, -0.05) is 0 Å². The van der Waals surface area contributed by atoms with Crippen LogP contribution in [-0.4, -0.2) is 15.2 Å². The lowest BCUT2D eigenvalue weighted by Crippen LogP contribution is -2.19. The summed E-state index contributed by atoms with van der Waals surface area (Å²) in [4.78, 5) is 0. The van der Waals surface area contributed by atoms with Crippen molar-refractivity contribution < 1.29 is 13.0 Å². The Bertz CT molecular complexity index is 498. The minimum atomic E-state index is -1.55. The molecule has 100 valence electrons. The predicted molar refractivity (Wildman–Crippen MR) is 74.3 cm³/mol. The molecule has 0 saturated heterocycles. The van der Waals surface area contributed by atoms with E-state index in [4.69, 9.17) is 0 Å². The van der Waals surface area contributed by atoms with Gasteiger partial charge in [0, 0.05) is 0 Å². The number of halogens is 3. The van der Waals surface area contributed by atoms with Gasteiger partial charge in [0.25, 0.3) is 0 Å². The van der Waals surface area contributed by atoms with E-state index in [0.717, 1.165) is 6.21 Å². The molecule has 18 heavy (non-hydrogen) atoms. The minimum absolute atomic E-state index is 0.157. The Hall–Kier alpha value is -0.620. The second-order valence-corrected chi connectivity index (χ2v) is 7.60. The Labute approximate surface area is 116 Å². The van der Waals surface area contributed by atoms with Crippen molar-refractivity contribution in [1.82, 2.24) is 0 Å². The van der Waals surface area contributed by atoms with Crippen molar-refractivity contribution >= 4 is 33.1 Å². The maximum Gasteiger partial charge on any atom is 0.149 e. The van der Waals surface area contributed by atoms with Gasteiger partial charge in [0.05, 0.1) is 21.0 Å². The monoisotopic (exact) mass is 337 g/mol. The van der Waals surface area contributed by atoms with Gasteiger partial charge in [-0.05, 0) is 55.3 Å². The summed E-state index contributed by atoms with van der Waals surface area (Å²) >= 11 is 3.00. The first-order valence-electron chi connectivity index (χ1n) is 5.24. The van der Waals surface area contributed by atoms with E-state index < -0.39 is 27.4 Å². The molecule has 0 aliphatic rings. The van der Waals surface area contributed by atoms with E-state index in [1.54, 1.807) is 20.8 Å². The van der Waals surface area contributed by atoms with Gasteiger partial charge < -0.3 is 0 Å². The minimum Gasteiger partial charge on any atom is -0.234 e. The highest BCUT2D eigenvalue weighted by atomic mass is 79.9. The largest absolute Gasteiger partial charge is 0.234 e. The van der Waals surface area contributed by atoms with Crippen LogP contribution in [0.3, 0.4) is 0 Å². The summed E-state index contributed by atoms with van der Waals surface area (Å²) in [5, 5.41) is 0. The molecule has 0 spiro atoms. The van der Waals surface area contributed by atoms with E-state index in [-0.39, 0.29) is 10.0 Å². The van der Waals surface area contributed by atoms with E-state index in [1.807, 2.05) is 0 Å². The van der Waals surface area contributed by atoms with Crippen LogP contribution in [0, 0.1) is 18.6 Å². The normalized spacial score (nSPS) is 14.2. The first kappa shape index (κ1) is 15.4. The summed E-state index contributed by atoms with van der Waals surface area (Å²) in [6.07, 6.45) is 0.990. The Kier molecular flexibility index (Phi) is 4.78. The summed E-state index contributed by atoms with van der Waals surface area (Å²) < 4.78 is 42.4. The molecule has 0 amide bonds. The van der Waals surface area contributed by atoms with Gasteiger partial charge in [0.2, 0.25) is 0 Å². The lowest BCUT2D eigenvalue weighted by molar-refractivity contribution is 0.570. The van der Waals surface area contributed by atoms with E-state index in [9.17, 15) is 13.0 Å². The standard InChI is InChI=1S/C12H14BrF2NOS/c1-7-5-9(13)11(15)8(10(7)14)6-16-18(17)12(2,3)4/h5-6H,1-4H3. The maximum absolute atomic E-state index is 13.7. The quantitative estimate of drug-likeness (QED) is 0.594. The molecule has 0 fully saturated rings. The highest BCUT2D eigenvalue weighted by Gasteiger charge is 2.19. The summed E-state index contributed by atoms with van der Waals surface area (Å²) in [5.41, 5.74) is 0.0192. The number of aryl methyl sites for hydroxylation is 1. The molecule has 1 aromatic carbocycles. The zero-order chi connectivity index (χ0) is 14.1. The molecule has 1 aromatic rings. The van der Waals surface area contributed by atoms with Crippen LogP contribution in [0.2, 0.25) is 0 Å². The number of hydrogen-bond donors (Lipinski definition) is 0. The molecule has 1 unspecified atom stereocenters. The molecule has 1 atom stereocenters. The molecule has 0 radical (unpaired) electrons. The van der Waals surface area contributed by atoms with Crippen molar-refractivity contribution in [2.24, 2.45) is 4.40 Å². The zero-order valence-electron chi connectivity index (χ0n) is 10.6. The first-order chi connectivity index (χ1) is 8.14. The zero-order valence-corrected chi connectivity index (χ0v) is 13.0. The molecule has 0 aliphatic carbocycles. The highest BCUT2D eigenvalue weighted by molar-refractivity contribution is 9.10. The van der Waals surface area contributed by atoms with Crippen molar-refractivity contribution in [3.8, 4) is 0 Å². The highest BCUT2D eigenvalue weighted by Crippen LogP contribution is 2.24. The Morgan fingerprint density at radius 3 is 2.39 bits per heavy atom. The smallest absolute Gasteiger partial charge is 0.149 e. The van der Waals surface area contributed by atoms with Gasteiger partial charge in [0.15, 0.2) is 0 Å². The lowest BCUT2D eigenvalue weighted by Gasteiger charge is -2.13. The Morgan fingerprint density at radius 1 is 1.33 bits per heavy atom. The summed E-state index contributed by atoms with van der Waals surface area (Å²) in [6.45, 7) is 6.73. The predicted octanol–water partition coefficient (Wildman–Crippen LogP) is 3.92. The van der Waals surface area contributed by atoms with Crippen molar-refractivity contribution in [1.29, 1.82) is 0 Å². The molecule has 1 rings (SSSR count). The summed E-state index contributed by atoms with van der Waals surface area (Å²) in [5.74, 6) is -1.43. The van der Waals surface area contributed by atoms with Crippen molar-refractivity contribution in [3.05, 3.63) is 33.3 Å². The second-order valence-electron chi connectivity index (χ2n) is 4.81. The van der Waals surface area contributed by atoms with Crippen LogP contribution in [0.5, 0.6) is 0 Å². The van der Waals surface area contributed by atoms with Gasteiger partial charge in [-0.15, -0.1) is 0 Å². The molecule has 0 saturated carbocycles. The van der Waals surface area contributed by atoms with Crippen LogP contribution in [0.15, 0.2) is 14.9 Å². The van der Waals surface area contributed by atoms with Gasteiger partial charge >= 0.3 is 0 Å². The van der Waals surface area contributed by atoms with Crippen LogP contribution in [0.25, 0.3) is 0 Å². The maximum atomic E-state index is 13.7. The Morgan fingerprint density at radius 2 is 1.89 bits per heavy atom. The van der Waals surface area contributed by atoms with E-state index >= 15 is 0 Å². The van der Waals surface area contributed by atoms with Crippen LogP contribution < -0.4 is 0 Å². The van der Waals surface area contributed by atoms with E-state index in [0.29, 0.717) is 5.56 Å². The topological polar surface area (TPSA) is 29.4 Å². The molecular weight excluding hydrogens is 324 g/mol. The molecular formula is C12H14BrF2NOS. The van der Waals surface area contributed by atoms with Crippen LogP contribution in [0.4, 0.5) is 8.78 Å². The molecule has 0 N–H and O–H groups in total. The van der Waals surface area contributed by atoms with Gasteiger partial charge in [-0.2, -0.15) is 4.40 Å². The average Bonchev–Trinajstić information content (AvgIpc) is 2.25. The van der Waals surface area contributed by atoms with Crippen LogP contribution in [0.1, 0.15) is 31.9 Å². The summed E-state index contributed by atoms with van der Waals surface area (Å²) in [7, 11) is -1.55. The molecule has 2 nitrogen and oxygen atoms in total. The van der Waals surface area contributed by atoms with Gasteiger partial charge in [0.1, 0.15) is 22.6 Å².